The lowest BCUT2D eigenvalue weighted by atomic mass is 9.83. The van der Waals surface area contributed by atoms with Crippen LogP contribution in [0.5, 0.6) is 0 Å². The average molecular weight is 502 g/mol. The second kappa shape index (κ2) is 8.99. The van der Waals surface area contributed by atoms with E-state index in [-0.39, 0.29) is 24.0 Å². The van der Waals surface area contributed by atoms with Crippen molar-refractivity contribution in [2.24, 2.45) is 11.3 Å². The normalized spacial score (nSPS) is 21.4. The minimum absolute atomic E-state index is 0. The highest BCUT2D eigenvalue weighted by Crippen LogP contribution is 2.66. The summed E-state index contributed by atoms with van der Waals surface area (Å²) < 4.78 is 0.667. The quantitative estimate of drug-likeness (QED) is 0.468. The van der Waals surface area contributed by atoms with E-state index in [4.69, 9.17) is 0 Å². The van der Waals surface area contributed by atoms with Crippen LogP contribution < -0.4 is 34.6 Å². The van der Waals surface area contributed by atoms with Crippen molar-refractivity contribution >= 4 is 41.4 Å². The van der Waals surface area contributed by atoms with Gasteiger partial charge in [0.2, 0.25) is 0 Å². The Hall–Kier alpha value is 0.300. The minimum Gasteiger partial charge on any atom is -1.00 e. The molecule has 0 amide bonds. The second-order valence-corrected chi connectivity index (χ2v) is 14.8. The number of thioether (sulfide) groups is 2. The number of rotatable bonds is 3. The van der Waals surface area contributed by atoms with Gasteiger partial charge >= 0.3 is 0 Å². The molecule has 0 unspecified atom stereocenters. The molecule has 1 heterocycles. The molecule has 0 N–H and O–H groups in total. The Morgan fingerprint density at radius 2 is 1.20 bits per heavy atom. The summed E-state index contributed by atoms with van der Waals surface area (Å²) in [5.74, 6) is 3.39. The molecule has 0 nitrogen and oxygen atoms in total. The number of halogens is 1. The molecule has 0 bridgehead atoms. The topological polar surface area (TPSA) is 0 Å². The Morgan fingerprint density at radius 1 is 0.800 bits per heavy atom. The molecule has 4 heteroatoms. The van der Waals surface area contributed by atoms with Gasteiger partial charge in [0, 0.05) is 11.5 Å². The summed E-state index contributed by atoms with van der Waals surface area (Å²) in [6.07, 6.45) is 0. The fraction of sp³-hybridized carbons (Fsp3) is 0.429. The lowest BCUT2D eigenvalue weighted by Gasteiger charge is -2.39. The molecule has 2 aromatic carbocycles. The summed E-state index contributed by atoms with van der Waals surface area (Å²) in [6, 6.07) is 22.5. The van der Waals surface area contributed by atoms with Gasteiger partial charge in [0.1, 0.15) is 10.6 Å². The Labute approximate surface area is 179 Å². The molecule has 0 atom stereocenters. The van der Waals surface area contributed by atoms with Crippen molar-refractivity contribution < 1.29 is 24.0 Å². The van der Waals surface area contributed by atoms with E-state index in [2.05, 4.69) is 112 Å². The number of hydrogen-bond acceptors (Lipinski definition) is 2. The van der Waals surface area contributed by atoms with Crippen LogP contribution in [0.25, 0.3) is 0 Å². The van der Waals surface area contributed by atoms with Crippen LogP contribution in [0.1, 0.15) is 20.8 Å². The first kappa shape index (κ1) is 21.6. The standard InChI is InChI=1S/C21H28PS2.HI/c1-21(2,3)17-15-23-20(24-16-17)22(4,18-11-7-5-8-12-18)19-13-9-6-10-14-19;/h5-14,17,20H,15-16H2,1-4H3;1H/q+1;/p-1. The van der Waals surface area contributed by atoms with Gasteiger partial charge in [-0.25, -0.2) is 0 Å². The predicted molar refractivity (Wildman–Crippen MR) is 117 cm³/mol. The smallest absolute Gasteiger partial charge is 0.169 e. The Bertz CT molecular complexity index is 607. The van der Waals surface area contributed by atoms with Crippen LogP contribution in [-0.4, -0.2) is 22.5 Å². The third kappa shape index (κ3) is 4.78. The number of hydrogen-bond donors (Lipinski definition) is 0. The Balaban J connectivity index is 0.00000225. The molecule has 1 fully saturated rings. The van der Waals surface area contributed by atoms with E-state index in [0.29, 0.717) is 9.74 Å². The highest BCUT2D eigenvalue weighted by Gasteiger charge is 2.49. The van der Waals surface area contributed by atoms with Gasteiger partial charge in [-0.3, -0.25) is 0 Å². The fourth-order valence-electron chi connectivity index (χ4n) is 3.16. The molecular formula is C21H28IPS2. The van der Waals surface area contributed by atoms with Gasteiger partial charge in [0.05, 0.1) is 13.9 Å². The van der Waals surface area contributed by atoms with Crippen LogP contribution in [-0.2, 0) is 0 Å². The first-order valence-electron chi connectivity index (χ1n) is 8.63. The van der Waals surface area contributed by atoms with E-state index < -0.39 is 7.26 Å². The second-order valence-electron chi connectivity index (χ2n) is 7.78. The van der Waals surface area contributed by atoms with Crippen molar-refractivity contribution in [1.29, 1.82) is 0 Å². The van der Waals surface area contributed by atoms with Crippen molar-refractivity contribution in [1.82, 2.24) is 0 Å². The lowest BCUT2D eigenvalue weighted by Crippen LogP contribution is -3.00. The highest BCUT2D eigenvalue weighted by molar-refractivity contribution is 8.28. The predicted octanol–water partition coefficient (Wildman–Crippen LogP) is 2.71. The van der Waals surface area contributed by atoms with Crippen LogP contribution in [0.2, 0.25) is 0 Å². The third-order valence-electron chi connectivity index (χ3n) is 5.11. The van der Waals surface area contributed by atoms with Gasteiger partial charge in [0.15, 0.2) is 4.32 Å². The van der Waals surface area contributed by atoms with Gasteiger partial charge < -0.3 is 24.0 Å². The summed E-state index contributed by atoms with van der Waals surface area (Å²) in [4.78, 5) is 0. The van der Waals surface area contributed by atoms with Gasteiger partial charge in [-0.1, -0.05) is 57.2 Å². The maximum absolute atomic E-state index is 2.54. The summed E-state index contributed by atoms with van der Waals surface area (Å²) in [7, 11) is -1.40. The molecule has 0 aliphatic carbocycles. The molecule has 1 aliphatic rings. The zero-order valence-corrected chi connectivity index (χ0v) is 20.2. The number of benzene rings is 2. The van der Waals surface area contributed by atoms with Crippen molar-refractivity contribution in [3.05, 3.63) is 60.7 Å². The molecule has 0 spiro atoms. The van der Waals surface area contributed by atoms with Crippen LogP contribution in [0.4, 0.5) is 0 Å². The van der Waals surface area contributed by atoms with Crippen LogP contribution in [0, 0.1) is 11.3 Å². The molecule has 1 aliphatic heterocycles. The first-order valence-corrected chi connectivity index (χ1v) is 13.0. The summed E-state index contributed by atoms with van der Waals surface area (Å²) in [6.45, 7) is 9.71. The largest absolute Gasteiger partial charge is 1.00 e. The molecule has 1 saturated heterocycles. The molecule has 25 heavy (non-hydrogen) atoms. The summed E-state index contributed by atoms with van der Waals surface area (Å²) >= 11 is 4.41. The van der Waals surface area contributed by atoms with Gasteiger partial charge in [-0.05, 0) is 35.6 Å². The Morgan fingerprint density at radius 3 is 1.56 bits per heavy atom. The maximum Gasteiger partial charge on any atom is 0.169 e. The van der Waals surface area contributed by atoms with Gasteiger partial charge in [-0.2, -0.15) is 0 Å². The molecule has 0 saturated carbocycles. The monoisotopic (exact) mass is 502 g/mol. The zero-order valence-electron chi connectivity index (χ0n) is 15.5. The van der Waals surface area contributed by atoms with Crippen LogP contribution >= 0.6 is 30.8 Å². The SMILES string of the molecule is CC(C)(C)C1CSC([P+](C)(c2ccccc2)c2ccccc2)SC1.[I-]. The third-order valence-corrected chi connectivity index (χ3v) is 14.7. The Kier molecular flexibility index (Phi) is 7.77. The van der Waals surface area contributed by atoms with E-state index in [9.17, 15) is 0 Å². The maximum atomic E-state index is 2.54. The summed E-state index contributed by atoms with van der Waals surface area (Å²) in [5, 5.41) is 3.07. The van der Waals surface area contributed by atoms with Crippen molar-refractivity contribution in [2.75, 3.05) is 18.2 Å². The average Bonchev–Trinajstić information content (AvgIpc) is 2.62. The van der Waals surface area contributed by atoms with E-state index in [1.54, 1.807) is 0 Å². The zero-order chi connectivity index (χ0) is 17.2. The van der Waals surface area contributed by atoms with Crippen LogP contribution in [0.3, 0.4) is 0 Å². The fourth-order valence-corrected chi connectivity index (χ4v) is 12.9. The first-order chi connectivity index (χ1) is 11.4. The molecule has 0 radical (unpaired) electrons. The molecule has 136 valence electrons. The summed E-state index contributed by atoms with van der Waals surface area (Å²) in [5.41, 5.74) is 0.416. The molecular weight excluding hydrogens is 474 g/mol. The van der Waals surface area contributed by atoms with Gasteiger partial charge in [0.25, 0.3) is 0 Å². The molecule has 3 rings (SSSR count). The van der Waals surface area contributed by atoms with E-state index in [1.807, 2.05) is 0 Å². The van der Waals surface area contributed by atoms with E-state index >= 15 is 0 Å². The van der Waals surface area contributed by atoms with E-state index in [1.165, 1.54) is 22.1 Å². The van der Waals surface area contributed by atoms with Crippen LogP contribution in [0.15, 0.2) is 60.7 Å². The minimum atomic E-state index is -1.40. The molecule has 2 aromatic rings. The van der Waals surface area contributed by atoms with Gasteiger partial charge in [-0.15, -0.1) is 23.5 Å². The van der Waals surface area contributed by atoms with Crippen molar-refractivity contribution in [3.8, 4) is 0 Å². The van der Waals surface area contributed by atoms with E-state index in [0.717, 1.165) is 5.92 Å². The molecule has 0 aromatic heterocycles. The lowest BCUT2D eigenvalue weighted by molar-refractivity contribution is -0.00000530. The van der Waals surface area contributed by atoms with Crippen molar-refractivity contribution in [3.63, 3.8) is 0 Å². The highest BCUT2D eigenvalue weighted by atomic mass is 127. The van der Waals surface area contributed by atoms with Crippen molar-refractivity contribution in [2.45, 2.75) is 25.1 Å².